The van der Waals surface area contributed by atoms with Gasteiger partial charge >= 0.3 is 0 Å². The Morgan fingerprint density at radius 3 is 1.96 bits per heavy atom. The number of benzene rings is 2. The van der Waals surface area contributed by atoms with Crippen molar-refractivity contribution in [1.82, 2.24) is 9.80 Å². The lowest BCUT2D eigenvalue weighted by Gasteiger charge is -2.40. The van der Waals surface area contributed by atoms with Gasteiger partial charge in [-0.2, -0.15) is 0 Å². The maximum absolute atomic E-state index is 12.6. The number of piperazine rings is 1. The first-order valence-corrected chi connectivity index (χ1v) is 10.8. The minimum Gasteiger partial charge on any atom is -0.340 e. The quantitative estimate of drug-likeness (QED) is 0.613. The maximum Gasteiger partial charge on any atom is 0.223 e. The Morgan fingerprint density at radius 1 is 0.821 bits per heavy atom. The van der Waals surface area contributed by atoms with Crippen LogP contribution in [0.3, 0.4) is 0 Å². The van der Waals surface area contributed by atoms with Crippen molar-refractivity contribution in [1.29, 1.82) is 0 Å². The predicted octanol–water partition coefficient (Wildman–Crippen LogP) is 4.61. The van der Waals surface area contributed by atoms with Crippen molar-refractivity contribution in [3.63, 3.8) is 0 Å². The van der Waals surface area contributed by atoms with Crippen LogP contribution in [0.15, 0.2) is 78.2 Å². The van der Waals surface area contributed by atoms with E-state index in [1.54, 1.807) is 11.3 Å². The van der Waals surface area contributed by atoms with Crippen LogP contribution >= 0.6 is 11.3 Å². The third-order valence-electron chi connectivity index (χ3n) is 5.43. The van der Waals surface area contributed by atoms with Crippen LogP contribution in [0.4, 0.5) is 0 Å². The first-order valence-electron chi connectivity index (χ1n) is 9.95. The molecule has 144 valence electrons. The average molecular weight is 391 g/mol. The highest BCUT2D eigenvalue weighted by Gasteiger charge is 2.27. The van der Waals surface area contributed by atoms with Crippen molar-refractivity contribution < 1.29 is 4.79 Å². The zero-order chi connectivity index (χ0) is 19.2. The van der Waals surface area contributed by atoms with Gasteiger partial charge < -0.3 is 4.90 Å². The van der Waals surface area contributed by atoms with E-state index < -0.39 is 0 Å². The highest BCUT2D eigenvalue weighted by atomic mass is 32.1. The SMILES string of the molecule is O=C(CCc1cccs1)N1CCN(C(c2ccccc2)c2ccccc2)CC1. The monoisotopic (exact) mass is 390 g/mol. The average Bonchev–Trinajstić information content (AvgIpc) is 3.28. The number of hydrogen-bond donors (Lipinski definition) is 0. The summed E-state index contributed by atoms with van der Waals surface area (Å²) in [5.41, 5.74) is 2.62. The number of nitrogens with zero attached hydrogens (tertiary/aromatic N) is 2. The van der Waals surface area contributed by atoms with Gasteiger partial charge in [0.2, 0.25) is 5.91 Å². The van der Waals surface area contributed by atoms with Crippen LogP contribution < -0.4 is 0 Å². The molecule has 28 heavy (non-hydrogen) atoms. The largest absolute Gasteiger partial charge is 0.340 e. The first-order chi connectivity index (χ1) is 13.8. The van der Waals surface area contributed by atoms with Crippen molar-refractivity contribution in [2.75, 3.05) is 26.2 Å². The number of carbonyl (C=O) groups is 1. The van der Waals surface area contributed by atoms with Crippen molar-refractivity contribution in [3.8, 4) is 0 Å². The molecule has 0 atom stereocenters. The molecule has 1 saturated heterocycles. The van der Waals surface area contributed by atoms with Gasteiger partial charge in [0.15, 0.2) is 0 Å². The molecule has 0 N–H and O–H groups in total. The molecule has 0 saturated carbocycles. The lowest BCUT2D eigenvalue weighted by molar-refractivity contribution is -0.133. The van der Waals surface area contributed by atoms with Crippen molar-refractivity contribution >= 4 is 17.2 Å². The zero-order valence-electron chi connectivity index (χ0n) is 16.0. The standard InChI is InChI=1S/C24H26N2OS/c27-23(14-13-22-12-7-19-28-22)25-15-17-26(18-16-25)24(20-8-3-1-4-9-20)21-10-5-2-6-11-21/h1-12,19,24H,13-18H2. The van der Waals surface area contributed by atoms with Crippen LogP contribution in [-0.2, 0) is 11.2 Å². The number of hydrogen-bond acceptors (Lipinski definition) is 3. The number of aryl methyl sites for hydroxylation is 1. The molecule has 1 aromatic heterocycles. The van der Waals surface area contributed by atoms with Gasteiger partial charge in [-0.25, -0.2) is 0 Å². The predicted molar refractivity (Wildman–Crippen MR) is 116 cm³/mol. The molecule has 3 aromatic rings. The smallest absolute Gasteiger partial charge is 0.223 e. The second-order valence-electron chi connectivity index (χ2n) is 7.22. The number of rotatable bonds is 6. The second-order valence-corrected chi connectivity index (χ2v) is 8.25. The van der Waals surface area contributed by atoms with Crippen LogP contribution in [0.5, 0.6) is 0 Å². The highest BCUT2D eigenvalue weighted by molar-refractivity contribution is 7.09. The third-order valence-corrected chi connectivity index (χ3v) is 6.36. The number of amides is 1. The molecule has 4 rings (SSSR count). The van der Waals surface area contributed by atoms with Crippen molar-refractivity contribution in [2.45, 2.75) is 18.9 Å². The molecule has 0 spiro atoms. The van der Waals surface area contributed by atoms with E-state index in [1.165, 1.54) is 16.0 Å². The first kappa shape index (κ1) is 18.9. The summed E-state index contributed by atoms with van der Waals surface area (Å²) in [5, 5.41) is 2.08. The fraction of sp³-hybridized carbons (Fsp3) is 0.292. The number of carbonyl (C=O) groups excluding carboxylic acids is 1. The van der Waals surface area contributed by atoms with Gasteiger partial charge in [-0.05, 0) is 29.0 Å². The summed E-state index contributed by atoms with van der Waals surface area (Å²) in [7, 11) is 0. The van der Waals surface area contributed by atoms with E-state index in [4.69, 9.17) is 0 Å². The molecule has 0 radical (unpaired) electrons. The zero-order valence-corrected chi connectivity index (χ0v) is 16.9. The van der Waals surface area contributed by atoms with Crippen molar-refractivity contribution in [2.24, 2.45) is 0 Å². The molecule has 0 unspecified atom stereocenters. The van der Waals surface area contributed by atoms with Crippen LogP contribution in [0, 0.1) is 0 Å². The third kappa shape index (κ3) is 4.51. The Hall–Kier alpha value is -2.43. The highest BCUT2D eigenvalue weighted by Crippen LogP contribution is 2.29. The molecule has 3 nitrogen and oxygen atoms in total. The van der Waals surface area contributed by atoms with Gasteiger partial charge in [0.25, 0.3) is 0 Å². The summed E-state index contributed by atoms with van der Waals surface area (Å²) in [6.45, 7) is 3.41. The molecule has 1 aliphatic heterocycles. The van der Waals surface area contributed by atoms with E-state index in [-0.39, 0.29) is 11.9 Å². The normalized spacial score (nSPS) is 15.1. The Morgan fingerprint density at radius 2 is 1.43 bits per heavy atom. The molecule has 2 aromatic carbocycles. The molecule has 0 bridgehead atoms. The van der Waals surface area contributed by atoms with E-state index in [1.807, 2.05) is 4.90 Å². The molecule has 1 fully saturated rings. The van der Waals surface area contributed by atoms with E-state index in [9.17, 15) is 4.79 Å². The van der Waals surface area contributed by atoms with Crippen LogP contribution in [0.1, 0.15) is 28.5 Å². The lowest BCUT2D eigenvalue weighted by atomic mass is 9.96. The van der Waals surface area contributed by atoms with E-state index in [0.717, 1.165) is 32.6 Å². The summed E-state index contributed by atoms with van der Waals surface area (Å²) in [6.07, 6.45) is 1.47. The summed E-state index contributed by atoms with van der Waals surface area (Å²) in [5.74, 6) is 0.282. The Bertz CT molecular complexity index is 817. The van der Waals surface area contributed by atoms with Gasteiger partial charge in [0.1, 0.15) is 0 Å². The Balaban J connectivity index is 1.41. The Kier molecular flexibility index (Phi) is 6.20. The van der Waals surface area contributed by atoms with Gasteiger partial charge in [-0.1, -0.05) is 66.7 Å². The van der Waals surface area contributed by atoms with Gasteiger partial charge in [-0.15, -0.1) is 11.3 Å². The summed E-state index contributed by atoms with van der Waals surface area (Å²) >= 11 is 1.73. The number of thiophene rings is 1. The molecule has 1 amide bonds. The van der Waals surface area contributed by atoms with Gasteiger partial charge in [0, 0.05) is 37.5 Å². The summed E-state index contributed by atoms with van der Waals surface area (Å²) in [4.78, 5) is 18.5. The van der Waals surface area contributed by atoms with Gasteiger partial charge in [-0.3, -0.25) is 9.69 Å². The fourth-order valence-electron chi connectivity index (χ4n) is 3.96. The topological polar surface area (TPSA) is 23.6 Å². The molecule has 0 aliphatic carbocycles. The molecule has 2 heterocycles. The molecular formula is C24H26N2OS. The lowest BCUT2D eigenvalue weighted by Crippen LogP contribution is -2.49. The summed E-state index contributed by atoms with van der Waals surface area (Å²) in [6, 6.07) is 25.8. The summed E-state index contributed by atoms with van der Waals surface area (Å²) < 4.78 is 0. The fourth-order valence-corrected chi connectivity index (χ4v) is 4.67. The van der Waals surface area contributed by atoms with E-state index in [2.05, 4.69) is 83.1 Å². The van der Waals surface area contributed by atoms with Crippen LogP contribution in [0.25, 0.3) is 0 Å². The second kappa shape index (κ2) is 9.18. The maximum atomic E-state index is 12.6. The minimum atomic E-state index is 0.241. The van der Waals surface area contributed by atoms with E-state index in [0.29, 0.717) is 6.42 Å². The van der Waals surface area contributed by atoms with Crippen LogP contribution in [0.2, 0.25) is 0 Å². The van der Waals surface area contributed by atoms with Crippen LogP contribution in [-0.4, -0.2) is 41.9 Å². The van der Waals surface area contributed by atoms with E-state index >= 15 is 0 Å². The van der Waals surface area contributed by atoms with Gasteiger partial charge in [0.05, 0.1) is 6.04 Å². The molecular weight excluding hydrogens is 364 g/mol. The minimum absolute atomic E-state index is 0.241. The Labute approximate surface area is 171 Å². The van der Waals surface area contributed by atoms with Crippen molar-refractivity contribution in [3.05, 3.63) is 94.2 Å². The molecule has 4 heteroatoms. The molecule has 1 aliphatic rings.